The second kappa shape index (κ2) is 49.3. The fourth-order valence-electron chi connectivity index (χ4n) is 5.94. The highest BCUT2D eigenvalue weighted by Crippen LogP contribution is 2.11. The molecule has 21 nitrogen and oxygen atoms in total. The number of carbonyl (C=O) groups excluding carboxylic acids is 8. The quantitative estimate of drug-likeness (QED) is 0.0149. The van der Waals surface area contributed by atoms with Crippen LogP contribution in [-0.2, 0) is 65.4 Å². The van der Waals surface area contributed by atoms with Crippen molar-refractivity contribution in [2.24, 2.45) is 5.73 Å². The highest BCUT2D eigenvalue weighted by Gasteiger charge is 2.26. The van der Waals surface area contributed by atoms with E-state index in [4.69, 9.17) is 31.2 Å². The van der Waals surface area contributed by atoms with Crippen LogP contribution >= 0.6 is 12.2 Å². The molecule has 84 heavy (non-hydrogen) atoms. The van der Waals surface area contributed by atoms with Crippen LogP contribution in [0.15, 0.2) is 136 Å². The number of anilines is 1. The second-order valence-electron chi connectivity index (χ2n) is 18.4. The first-order chi connectivity index (χ1) is 39.6. The van der Waals surface area contributed by atoms with E-state index < -0.39 is 18.2 Å². The molecule has 0 spiro atoms. The molecule has 22 heteroatoms. The molecule has 3 saturated heterocycles. The monoisotopic (exact) mass is 1190 g/mol. The molecule has 4 heterocycles. The smallest absolute Gasteiger partial charge is 0.333 e. The van der Waals surface area contributed by atoms with Gasteiger partial charge in [-0.2, -0.15) is 0 Å². The minimum Gasteiger partial charge on any atom is -0.462 e. The summed E-state index contributed by atoms with van der Waals surface area (Å²) in [5, 5.41) is 22.9. The Hall–Kier alpha value is -8.34. The summed E-state index contributed by atoms with van der Waals surface area (Å²) in [6.45, 7) is 41.8. The number of esters is 3. The molecule has 2 atom stereocenters. The summed E-state index contributed by atoms with van der Waals surface area (Å²) >= 11 is 4.58. The number of pyridine rings is 1. The number of carbonyl (C=O) groups is 8. The zero-order valence-electron chi connectivity index (χ0n) is 50.2. The van der Waals surface area contributed by atoms with Crippen molar-refractivity contribution in [1.29, 1.82) is 0 Å². The summed E-state index contributed by atoms with van der Waals surface area (Å²) < 4.78 is 14.3. The first kappa shape index (κ1) is 79.9. The number of imide groups is 1. The van der Waals surface area contributed by atoms with E-state index >= 15 is 0 Å². The molecule has 0 bridgehead atoms. The van der Waals surface area contributed by atoms with Crippen molar-refractivity contribution >= 4 is 76.5 Å². The topological polar surface area (TPSA) is 303 Å². The lowest BCUT2D eigenvalue weighted by atomic mass is 10.1. The normalized spacial score (nSPS) is 13.1. The summed E-state index contributed by atoms with van der Waals surface area (Å²) in [5.74, 6) is -1.41. The standard InChI is InChI=1S/C12H15NO2.C8H14N2O2S.C8H13NO.C8H9N.C7H13NO2.C7H12O3.C6H7NO2.C6H9NO/c1-3-10-5-6-11(13-9-10)7-8-15-12(14)4-2;1-6(2)7(11)12-5-3-4-10-8(9)13;1-2-8(10)9-6-4-3-5-7-9;1-2-7-3-5-8(9)6-4-7;1-5(2)7(10)8-4-6(3)9;1-5(2)7(9)10-4-6(3)8;1-2-7-5(8)3-4-6(7)9;1-2-7-5-3-4-6(7)8/h4-6,9H,2-3,7-8H2,1H3;1,3-5H2,2H3,(H3,9,10,13);2H,1,3-7H2;2-6H,1,9H2;6,9H,1,4H2,2-3H3,(H,8,10);6,8H,1,4H2,2-3H3;2H,1,3-4H2;2H,1,3-5H2. The van der Waals surface area contributed by atoms with Gasteiger partial charge in [-0.05, 0) is 127 Å². The number of rotatable bonds is 20. The van der Waals surface area contributed by atoms with Crippen molar-refractivity contribution in [3.63, 3.8) is 0 Å². The van der Waals surface area contributed by atoms with Crippen LogP contribution in [0.1, 0.15) is 110 Å². The number of piperidine rings is 1. The lowest BCUT2D eigenvalue weighted by molar-refractivity contribution is -0.141. The zero-order chi connectivity index (χ0) is 64.6. The Bertz CT molecular complexity index is 2400. The molecule has 2 unspecified atom stereocenters. The van der Waals surface area contributed by atoms with Gasteiger partial charge in [0.25, 0.3) is 0 Å². The number of hydrogen-bond acceptors (Lipinski definition) is 16. The Kier molecular flexibility index (Phi) is 46.9. The van der Waals surface area contributed by atoms with Crippen LogP contribution < -0.4 is 22.1 Å². The van der Waals surface area contributed by atoms with Crippen LogP contribution in [0.5, 0.6) is 0 Å². The molecule has 8 N–H and O–H groups in total. The number of nitrogens with two attached hydrogens (primary N) is 2. The highest BCUT2D eigenvalue weighted by molar-refractivity contribution is 7.80. The molecule has 0 saturated carbocycles. The fourth-order valence-corrected chi connectivity index (χ4v) is 6.05. The lowest BCUT2D eigenvalue weighted by Gasteiger charge is -2.25. The Morgan fingerprint density at radius 1 is 0.726 bits per heavy atom. The number of aryl methyl sites for hydroxylation is 1. The number of aromatic nitrogens is 1. The number of aliphatic hydroxyl groups is 2. The van der Waals surface area contributed by atoms with Gasteiger partial charge in [-0.15, -0.1) is 0 Å². The van der Waals surface area contributed by atoms with E-state index in [0.29, 0.717) is 68.6 Å². The molecular weight excluding hydrogens is 1100 g/mol. The van der Waals surface area contributed by atoms with E-state index in [1.807, 2.05) is 47.5 Å². The van der Waals surface area contributed by atoms with Crippen molar-refractivity contribution in [3.05, 3.63) is 153 Å². The number of aliphatic hydroxyl groups excluding tert-OH is 2. The van der Waals surface area contributed by atoms with Crippen molar-refractivity contribution in [2.75, 3.05) is 58.3 Å². The predicted molar refractivity (Wildman–Crippen MR) is 335 cm³/mol. The summed E-state index contributed by atoms with van der Waals surface area (Å²) in [4.78, 5) is 94.7. The molecular formula is C62H92N8O13S. The van der Waals surface area contributed by atoms with Gasteiger partial charge in [-0.3, -0.25) is 33.9 Å². The molecule has 0 radical (unpaired) electrons. The zero-order valence-corrected chi connectivity index (χ0v) is 51.0. The lowest BCUT2D eigenvalue weighted by Crippen LogP contribution is -2.34. The minimum atomic E-state index is -0.608. The summed E-state index contributed by atoms with van der Waals surface area (Å²) in [6, 6.07) is 11.6. The molecule has 464 valence electrons. The van der Waals surface area contributed by atoms with E-state index in [-0.39, 0.29) is 59.7 Å². The van der Waals surface area contributed by atoms with Crippen LogP contribution in [0.2, 0.25) is 0 Å². The Balaban J connectivity index is -0.000000899. The minimum absolute atomic E-state index is 0.0334. The number of amides is 5. The van der Waals surface area contributed by atoms with Crippen molar-refractivity contribution in [2.45, 2.75) is 118 Å². The number of likely N-dealkylation sites (tertiary alicyclic amines) is 3. The van der Waals surface area contributed by atoms with E-state index in [1.54, 1.807) is 51.8 Å². The summed E-state index contributed by atoms with van der Waals surface area (Å²) in [6.07, 6.45) is 16.2. The average Bonchev–Trinajstić information content (AvgIpc) is 4.15. The molecule has 5 amide bonds. The number of ether oxygens (including phenoxy) is 3. The van der Waals surface area contributed by atoms with Crippen molar-refractivity contribution < 1.29 is 62.8 Å². The number of nitrogens with one attached hydrogen (secondary N) is 2. The van der Waals surface area contributed by atoms with Gasteiger partial charge in [0.15, 0.2) is 5.11 Å². The third-order valence-electron chi connectivity index (χ3n) is 10.6. The summed E-state index contributed by atoms with van der Waals surface area (Å²) in [7, 11) is 0. The second-order valence-corrected chi connectivity index (χ2v) is 18.9. The van der Waals surface area contributed by atoms with Crippen molar-refractivity contribution in [3.8, 4) is 0 Å². The molecule has 5 rings (SSSR count). The molecule has 0 aliphatic carbocycles. The maximum atomic E-state index is 11.0. The Morgan fingerprint density at radius 3 is 1.70 bits per heavy atom. The van der Waals surface area contributed by atoms with Gasteiger partial charge in [0, 0.05) is 105 Å². The molecule has 3 fully saturated rings. The molecule has 3 aliphatic rings. The summed E-state index contributed by atoms with van der Waals surface area (Å²) in [5.41, 5.74) is 15.9. The van der Waals surface area contributed by atoms with E-state index in [2.05, 4.69) is 92.1 Å². The van der Waals surface area contributed by atoms with E-state index in [0.717, 1.165) is 73.2 Å². The van der Waals surface area contributed by atoms with Gasteiger partial charge >= 0.3 is 17.9 Å². The van der Waals surface area contributed by atoms with Gasteiger partial charge in [-0.1, -0.05) is 83.8 Å². The third kappa shape index (κ3) is 43.4. The average molecular weight is 1190 g/mol. The maximum Gasteiger partial charge on any atom is 0.333 e. The number of nitrogens with zero attached hydrogens (tertiary/aromatic N) is 4. The third-order valence-corrected chi connectivity index (χ3v) is 10.8. The SMILES string of the molecule is C=C(C)C(=O)NCC(C)O.C=C(C)C(=O)OCC(C)O.C=C(C)C(=O)OCCCNC(N)=S.C=CC(=O)N1CCCCC1.C=CC(=O)OCCc1ccc(CC)cn1.C=CN1C(=O)CCC1=O.C=CN1CCCC1=O.C=Cc1ccc(N)cc1. The van der Waals surface area contributed by atoms with E-state index in [1.165, 1.54) is 24.3 Å². The van der Waals surface area contributed by atoms with Gasteiger partial charge in [0.1, 0.15) is 6.61 Å². The number of thiocarbonyl (C=S) groups is 1. The van der Waals surface area contributed by atoms with Gasteiger partial charge in [-0.25, -0.2) is 14.4 Å². The Labute approximate surface area is 502 Å². The van der Waals surface area contributed by atoms with Gasteiger partial charge in [0.05, 0.1) is 25.4 Å². The van der Waals surface area contributed by atoms with E-state index in [9.17, 15) is 38.4 Å². The van der Waals surface area contributed by atoms with Gasteiger partial charge < -0.3 is 56.3 Å². The maximum absolute atomic E-state index is 11.0. The van der Waals surface area contributed by atoms with Crippen LogP contribution in [-0.4, -0.2) is 147 Å². The Morgan fingerprint density at radius 2 is 1.31 bits per heavy atom. The van der Waals surface area contributed by atoms with Crippen LogP contribution in [0.25, 0.3) is 6.08 Å². The molecule has 1 aromatic carbocycles. The van der Waals surface area contributed by atoms with Crippen molar-refractivity contribution in [1.82, 2.24) is 30.3 Å². The number of nitrogen functional groups attached to an aromatic ring is 1. The molecule has 2 aromatic rings. The van der Waals surface area contributed by atoms with Crippen LogP contribution in [0.3, 0.4) is 0 Å². The number of benzene rings is 1. The fraction of sp³-hybridized carbons (Fsp3) is 0.419. The first-order valence-electron chi connectivity index (χ1n) is 27.1. The molecule has 3 aliphatic heterocycles. The largest absolute Gasteiger partial charge is 0.462 e. The van der Waals surface area contributed by atoms with Gasteiger partial charge in [0.2, 0.25) is 29.5 Å². The first-order valence-corrected chi connectivity index (χ1v) is 27.6. The number of hydrogen-bond donors (Lipinski definition) is 6. The molecule has 1 aromatic heterocycles. The highest BCUT2D eigenvalue weighted by atomic mass is 32.1. The predicted octanol–water partition coefficient (Wildman–Crippen LogP) is 6.92. The van der Waals surface area contributed by atoms with Crippen LogP contribution in [0.4, 0.5) is 5.69 Å². The van der Waals surface area contributed by atoms with Crippen LogP contribution in [0, 0.1) is 0 Å².